The fraction of sp³-hybridized carbons (Fsp3) is 0.478. The highest BCUT2D eigenvalue weighted by Gasteiger charge is 2.42. The molecule has 1 aromatic heterocycles. The van der Waals surface area contributed by atoms with Crippen LogP contribution in [0.15, 0.2) is 35.7 Å². The highest BCUT2D eigenvalue weighted by molar-refractivity contribution is 7.10. The van der Waals surface area contributed by atoms with Gasteiger partial charge in [-0.15, -0.1) is 11.3 Å². The summed E-state index contributed by atoms with van der Waals surface area (Å²) in [6.45, 7) is 2.26. The molecule has 0 radical (unpaired) electrons. The summed E-state index contributed by atoms with van der Waals surface area (Å²) in [5.41, 5.74) is 3.03. The third-order valence-corrected chi connectivity index (χ3v) is 7.50. The Morgan fingerprint density at radius 1 is 1.14 bits per heavy atom. The van der Waals surface area contributed by atoms with Crippen LogP contribution in [0, 0.1) is 5.92 Å². The molecule has 2 aliphatic heterocycles. The van der Waals surface area contributed by atoms with Crippen LogP contribution in [0.25, 0.3) is 0 Å². The number of nitrogens with zero attached hydrogens (tertiary/aromatic N) is 1. The Morgan fingerprint density at radius 2 is 1.90 bits per heavy atom. The fourth-order valence-corrected chi connectivity index (χ4v) is 5.59. The molecule has 3 aliphatic rings. The minimum Gasteiger partial charge on any atom is -0.369 e. The summed E-state index contributed by atoms with van der Waals surface area (Å²) in [4.78, 5) is 28.0. The van der Waals surface area contributed by atoms with E-state index in [4.69, 9.17) is 4.74 Å². The van der Waals surface area contributed by atoms with Crippen LogP contribution < -0.4 is 5.32 Å². The first-order valence-electron chi connectivity index (χ1n) is 10.5. The van der Waals surface area contributed by atoms with E-state index in [1.807, 2.05) is 29.2 Å². The summed E-state index contributed by atoms with van der Waals surface area (Å²) in [6, 6.07) is 9.88. The van der Waals surface area contributed by atoms with Crippen molar-refractivity contribution in [3.63, 3.8) is 0 Å². The van der Waals surface area contributed by atoms with E-state index >= 15 is 0 Å². The van der Waals surface area contributed by atoms with Crippen molar-refractivity contribution in [2.24, 2.45) is 5.92 Å². The van der Waals surface area contributed by atoms with Gasteiger partial charge in [0.25, 0.3) is 0 Å². The van der Waals surface area contributed by atoms with Gasteiger partial charge in [0.2, 0.25) is 11.8 Å². The summed E-state index contributed by atoms with van der Waals surface area (Å²) in [5.74, 6) is 0.462. The standard InChI is InChI=1S/C23H26N2O3S/c26-20(15-16-1-5-19(6-2-16)24-22(27)18-3-4-18)25-11-9-23(10-12-25)21-17(7-13-28-23)8-14-29-21/h1-2,5-6,8,14,18H,3-4,7,9-13,15H2,(H,24,27). The van der Waals surface area contributed by atoms with Gasteiger partial charge < -0.3 is 15.0 Å². The molecule has 2 amide bonds. The molecule has 2 aromatic rings. The predicted molar refractivity (Wildman–Crippen MR) is 113 cm³/mol. The Labute approximate surface area is 175 Å². The minimum absolute atomic E-state index is 0.106. The molecule has 1 aromatic carbocycles. The van der Waals surface area contributed by atoms with Crippen molar-refractivity contribution < 1.29 is 14.3 Å². The molecule has 29 heavy (non-hydrogen) atoms. The second-order valence-electron chi connectivity index (χ2n) is 8.39. The van der Waals surface area contributed by atoms with Gasteiger partial charge in [-0.25, -0.2) is 0 Å². The number of carbonyl (C=O) groups is 2. The first-order valence-corrected chi connectivity index (χ1v) is 11.4. The van der Waals surface area contributed by atoms with Crippen LogP contribution in [0.3, 0.4) is 0 Å². The zero-order valence-corrected chi connectivity index (χ0v) is 17.3. The van der Waals surface area contributed by atoms with Gasteiger partial charge >= 0.3 is 0 Å². The molecule has 5 nitrogen and oxygen atoms in total. The van der Waals surface area contributed by atoms with Crippen molar-refractivity contribution in [3.05, 3.63) is 51.7 Å². The second-order valence-corrected chi connectivity index (χ2v) is 9.30. The van der Waals surface area contributed by atoms with E-state index in [9.17, 15) is 9.59 Å². The SMILES string of the molecule is O=C(Nc1ccc(CC(=O)N2CCC3(CC2)OCCc2ccsc23)cc1)C1CC1. The summed E-state index contributed by atoms with van der Waals surface area (Å²) in [7, 11) is 0. The third-order valence-electron chi connectivity index (χ3n) is 6.36. The van der Waals surface area contributed by atoms with E-state index < -0.39 is 0 Å². The number of rotatable bonds is 4. The van der Waals surface area contributed by atoms with Crippen molar-refractivity contribution in [1.29, 1.82) is 0 Å². The van der Waals surface area contributed by atoms with Gasteiger partial charge in [0, 0.05) is 29.6 Å². The average Bonchev–Trinajstić information content (AvgIpc) is 3.47. The molecule has 5 rings (SSSR count). The van der Waals surface area contributed by atoms with Crippen molar-refractivity contribution in [3.8, 4) is 0 Å². The van der Waals surface area contributed by atoms with Crippen LogP contribution in [0.4, 0.5) is 5.69 Å². The number of nitrogens with one attached hydrogen (secondary N) is 1. The number of hydrogen-bond acceptors (Lipinski definition) is 4. The van der Waals surface area contributed by atoms with Crippen LogP contribution in [-0.2, 0) is 32.8 Å². The Balaban J connectivity index is 1.17. The maximum atomic E-state index is 12.8. The molecule has 0 unspecified atom stereocenters. The molecule has 0 bridgehead atoms. The van der Waals surface area contributed by atoms with Crippen LogP contribution in [0.1, 0.15) is 41.7 Å². The maximum absolute atomic E-state index is 12.8. The number of hydrogen-bond donors (Lipinski definition) is 1. The predicted octanol–water partition coefficient (Wildman–Crippen LogP) is 3.73. The third kappa shape index (κ3) is 3.83. The average molecular weight is 411 g/mol. The number of anilines is 1. The zero-order valence-electron chi connectivity index (χ0n) is 16.5. The number of likely N-dealkylation sites (tertiary alicyclic amines) is 1. The van der Waals surface area contributed by atoms with Crippen LogP contribution in [-0.4, -0.2) is 36.4 Å². The van der Waals surface area contributed by atoms with Crippen molar-refractivity contribution >= 4 is 28.8 Å². The molecule has 1 spiro atoms. The number of piperidine rings is 1. The number of amides is 2. The van der Waals surface area contributed by atoms with Gasteiger partial charge in [0.1, 0.15) is 5.60 Å². The van der Waals surface area contributed by atoms with Crippen molar-refractivity contribution in [2.75, 3.05) is 25.0 Å². The first-order chi connectivity index (χ1) is 14.1. The van der Waals surface area contributed by atoms with Gasteiger partial charge in [0.15, 0.2) is 0 Å². The van der Waals surface area contributed by atoms with Crippen LogP contribution in [0.2, 0.25) is 0 Å². The lowest BCUT2D eigenvalue weighted by Crippen LogP contribution is -2.48. The quantitative estimate of drug-likeness (QED) is 0.836. The van der Waals surface area contributed by atoms with Gasteiger partial charge in [-0.05, 0) is 66.8 Å². The van der Waals surface area contributed by atoms with Crippen molar-refractivity contribution in [2.45, 2.75) is 44.1 Å². The van der Waals surface area contributed by atoms with Gasteiger partial charge in [-0.3, -0.25) is 9.59 Å². The summed E-state index contributed by atoms with van der Waals surface area (Å²) >= 11 is 1.80. The lowest BCUT2D eigenvalue weighted by Gasteiger charge is -2.43. The van der Waals surface area contributed by atoms with Gasteiger partial charge in [0.05, 0.1) is 13.0 Å². The van der Waals surface area contributed by atoms with Crippen molar-refractivity contribution in [1.82, 2.24) is 4.90 Å². The van der Waals surface area contributed by atoms with Gasteiger partial charge in [-0.1, -0.05) is 12.1 Å². The number of carbonyl (C=O) groups excluding carboxylic acids is 2. The normalized spacial score (nSPS) is 20.3. The zero-order chi connectivity index (χ0) is 19.8. The summed E-state index contributed by atoms with van der Waals surface area (Å²) in [5, 5.41) is 5.10. The highest BCUT2D eigenvalue weighted by Crippen LogP contribution is 2.44. The number of fused-ring (bicyclic) bond motifs is 2. The number of thiophene rings is 1. The van der Waals surface area contributed by atoms with E-state index in [0.717, 1.165) is 63.1 Å². The Kier molecular flexibility index (Phi) is 4.92. The molecule has 1 aliphatic carbocycles. The van der Waals surface area contributed by atoms with Gasteiger partial charge in [-0.2, -0.15) is 0 Å². The monoisotopic (exact) mass is 410 g/mol. The maximum Gasteiger partial charge on any atom is 0.227 e. The molecule has 152 valence electrons. The van der Waals surface area contributed by atoms with E-state index in [2.05, 4.69) is 16.8 Å². The summed E-state index contributed by atoms with van der Waals surface area (Å²) in [6.07, 6.45) is 5.13. The molecular formula is C23H26N2O3S. The molecule has 1 saturated heterocycles. The lowest BCUT2D eigenvalue weighted by molar-refractivity contribution is -0.139. The Morgan fingerprint density at radius 3 is 2.62 bits per heavy atom. The molecule has 2 fully saturated rings. The smallest absolute Gasteiger partial charge is 0.227 e. The summed E-state index contributed by atoms with van der Waals surface area (Å²) < 4.78 is 6.24. The van der Waals surface area contributed by atoms with Crippen LogP contribution in [0.5, 0.6) is 0 Å². The second kappa shape index (κ2) is 7.58. The van der Waals surface area contributed by atoms with Crippen LogP contribution >= 0.6 is 11.3 Å². The van der Waals surface area contributed by atoms with E-state index in [0.29, 0.717) is 6.42 Å². The highest BCUT2D eigenvalue weighted by atomic mass is 32.1. The molecule has 6 heteroatoms. The van der Waals surface area contributed by atoms with E-state index in [-0.39, 0.29) is 23.3 Å². The number of benzene rings is 1. The lowest BCUT2D eigenvalue weighted by atomic mass is 9.85. The molecule has 3 heterocycles. The first kappa shape index (κ1) is 18.8. The minimum atomic E-state index is -0.181. The molecule has 0 atom stereocenters. The molecule has 1 N–H and O–H groups in total. The molecular weight excluding hydrogens is 384 g/mol. The fourth-order valence-electron chi connectivity index (χ4n) is 4.43. The molecule has 1 saturated carbocycles. The topological polar surface area (TPSA) is 58.6 Å². The van der Waals surface area contributed by atoms with E-state index in [1.54, 1.807) is 11.3 Å². The van der Waals surface area contributed by atoms with E-state index in [1.165, 1.54) is 10.4 Å². The largest absolute Gasteiger partial charge is 0.369 e. The Hall–Kier alpha value is -2.18. The Bertz CT molecular complexity index is 908. The number of ether oxygens (including phenoxy) is 1.